The van der Waals surface area contributed by atoms with Gasteiger partial charge in [0.05, 0.1) is 5.41 Å². The van der Waals surface area contributed by atoms with Gasteiger partial charge in [-0.25, -0.2) is 0 Å². The van der Waals surface area contributed by atoms with Gasteiger partial charge in [0, 0.05) is 18.2 Å². The zero-order valence-corrected chi connectivity index (χ0v) is 20.9. The minimum atomic E-state index is -0.760. The highest BCUT2D eigenvalue weighted by Crippen LogP contribution is 2.41. The van der Waals surface area contributed by atoms with Crippen LogP contribution in [0.4, 0.5) is 0 Å². The Morgan fingerprint density at radius 2 is 1.35 bits per heavy atom. The second-order valence-corrected chi connectivity index (χ2v) is 9.98. The van der Waals surface area contributed by atoms with Crippen molar-refractivity contribution in [3.8, 4) is 0 Å². The van der Waals surface area contributed by atoms with Crippen molar-refractivity contribution in [1.29, 1.82) is 0 Å². The summed E-state index contributed by atoms with van der Waals surface area (Å²) in [6.07, 6.45) is 4.51. The number of hydrogen-bond acceptors (Lipinski definition) is 3. The summed E-state index contributed by atoms with van der Waals surface area (Å²) in [4.78, 5) is 19.6. The van der Waals surface area contributed by atoms with E-state index < -0.39 is 5.41 Å². The summed E-state index contributed by atoms with van der Waals surface area (Å²) in [5.41, 5.74) is 3.36. The Hall–Kier alpha value is -2.75. The lowest BCUT2D eigenvalue weighted by Crippen LogP contribution is -2.43. The fourth-order valence-electron chi connectivity index (χ4n) is 5.30. The fraction of sp³-hybridized carbons (Fsp3) is 0.387. The molecule has 3 aromatic carbocycles. The van der Waals surface area contributed by atoms with Crippen molar-refractivity contribution < 1.29 is 4.79 Å². The first-order chi connectivity index (χ1) is 16.5. The van der Waals surface area contributed by atoms with Crippen molar-refractivity contribution in [2.24, 2.45) is 0 Å². The Bertz CT molecular complexity index is 1020. The van der Waals surface area contributed by atoms with Crippen molar-refractivity contribution >= 4 is 5.78 Å². The molecule has 1 saturated heterocycles. The molecule has 34 heavy (non-hydrogen) atoms. The second-order valence-electron chi connectivity index (χ2n) is 9.98. The molecule has 0 N–H and O–H groups in total. The topological polar surface area (TPSA) is 23.6 Å². The van der Waals surface area contributed by atoms with E-state index in [0.717, 1.165) is 41.9 Å². The molecule has 0 amide bonds. The molecule has 3 aromatic rings. The van der Waals surface area contributed by atoms with Gasteiger partial charge in [0.2, 0.25) is 0 Å². The van der Waals surface area contributed by atoms with Crippen LogP contribution in [0.25, 0.3) is 0 Å². The maximum Gasteiger partial charge on any atom is 0.178 e. The molecule has 1 heterocycles. The number of ketones is 1. The molecule has 3 nitrogen and oxygen atoms in total. The predicted octanol–water partition coefficient (Wildman–Crippen LogP) is 6.18. The average molecular weight is 455 g/mol. The third kappa shape index (κ3) is 5.16. The van der Waals surface area contributed by atoms with Gasteiger partial charge in [0.1, 0.15) is 0 Å². The first-order valence-corrected chi connectivity index (χ1v) is 12.6. The van der Waals surface area contributed by atoms with Gasteiger partial charge in [-0.05, 0) is 70.1 Å². The highest BCUT2D eigenvalue weighted by molar-refractivity contribution is 6.07. The molecule has 0 bridgehead atoms. The lowest BCUT2D eigenvalue weighted by atomic mass is 9.65. The molecule has 178 valence electrons. The Morgan fingerprint density at radius 3 is 1.91 bits per heavy atom. The number of nitrogens with zero attached hydrogens (tertiary/aromatic N) is 2. The molecular formula is C31H38N2O. The number of rotatable bonds is 9. The Balaban J connectivity index is 1.86. The number of piperidine rings is 1. The molecule has 0 aromatic heterocycles. The van der Waals surface area contributed by atoms with Crippen molar-refractivity contribution in [3.05, 3.63) is 107 Å². The molecule has 0 unspecified atom stereocenters. The predicted molar refractivity (Wildman–Crippen MR) is 141 cm³/mol. The van der Waals surface area contributed by atoms with E-state index in [9.17, 15) is 4.79 Å². The van der Waals surface area contributed by atoms with Crippen LogP contribution in [-0.2, 0) is 12.0 Å². The van der Waals surface area contributed by atoms with Gasteiger partial charge in [0.25, 0.3) is 0 Å². The van der Waals surface area contributed by atoms with Gasteiger partial charge in [-0.2, -0.15) is 0 Å². The van der Waals surface area contributed by atoms with Gasteiger partial charge in [-0.1, -0.05) is 91.3 Å². The van der Waals surface area contributed by atoms with E-state index in [1.807, 2.05) is 24.3 Å². The smallest absolute Gasteiger partial charge is 0.178 e. The summed E-state index contributed by atoms with van der Waals surface area (Å²) in [7, 11) is 4.19. The van der Waals surface area contributed by atoms with Crippen molar-refractivity contribution in [2.45, 2.75) is 50.6 Å². The van der Waals surface area contributed by atoms with Crippen molar-refractivity contribution in [1.82, 2.24) is 9.80 Å². The summed E-state index contributed by atoms with van der Waals surface area (Å²) in [6.45, 7) is 5.28. The molecule has 0 spiro atoms. The van der Waals surface area contributed by atoms with E-state index in [4.69, 9.17) is 0 Å². The van der Waals surface area contributed by atoms with Crippen LogP contribution in [0.1, 0.15) is 59.7 Å². The Kier molecular flexibility index (Phi) is 7.97. The van der Waals surface area contributed by atoms with E-state index in [1.165, 1.54) is 19.3 Å². The normalized spacial score (nSPS) is 15.9. The van der Waals surface area contributed by atoms with Crippen LogP contribution < -0.4 is 0 Å². The SMILES string of the molecule is C[C@@H](CC(C(=O)c1ccccc1CN1CCCCC1)(c1ccccc1)c1ccccc1)N(C)C. The average Bonchev–Trinajstić information content (AvgIpc) is 2.88. The maximum absolute atomic E-state index is 14.9. The standard InChI is InChI=1S/C31H38N2O/c1-25(32(2)3)23-31(27-16-7-4-8-17-27,28-18-9-5-10-19-28)30(34)29-20-12-11-15-26(29)24-33-21-13-6-14-22-33/h4-5,7-12,15-20,25H,6,13-14,21-24H2,1-3H3/t25-/m0/s1. The van der Waals surface area contributed by atoms with Gasteiger partial charge >= 0.3 is 0 Å². The summed E-state index contributed by atoms with van der Waals surface area (Å²) >= 11 is 0. The van der Waals surface area contributed by atoms with Crippen LogP contribution in [0.3, 0.4) is 0 Å². The van der Waals surface area contributed by atoms with Gasteiger partial charge in [0.15, 0.2) is 5.78 Å². The molecule has 3 heteroatoms. The molecule has 0 radical (unpaired) electrons. The lowest BCUT2D eigenvalue weighted by molar-refractivity contribution is 0.0880. The third-order valence-electron chi connectivity index (χ3n) is 7.51. The van der Waals surface area contributed by atoms with E-state index in [1.54, 1.807) is 0 Å². The molecule has 1 aliphatic rings. The minimum absolute atomic E-state index is 0.200. The number of carbonyl (C=O) groups excluding carboxylic acids is 1. The third-order valence-corrected chi connectivity index (χ3v) is 7.51. The Labute approximate surface area is 205 Å². The zero-order chi connectivity index (χ0) is 24.0. The number of Topliss-reactive ketones (excluding diaryl/α,β-unsaturated/α-hetero) is 1. The quantitative estimate of drug-likeness (QED) is 0.361. The van der Waals surface area contributed by atoms with Crippen molar-refractivity contribution in [2.75, 3.05) is 27.2 Å². The minimum Gasteiger partial charge on any atom is -0.307 e. The first-order valence-electron chi connectivity index (χ1n) is 12.6. The highest BCUT2D eigenvalue weighted by atomic mass is 16.1. The van der Waals surface area contributed by atoms with Gasteiger partial charge in [-0.15, -0.1) is 0 Å². The molecular weight excluding hydrogens is 416 g/mol. The lowest BCUT2D eigenvalue weighted by Gasteiger charge is -2.38. The molecule has 0 saturated carbocycles. The molecule has 1 atom stereocenters. The van der Waals surface area contributed by atoms with Crippen LogP contribution in [0.5, 0.6) is 0 Å². The van der Waals surface area contributed by atoms with E-state index in [2.05, 4.69) is 91.5 Å². The fourth-order valence-corrected chi connectivity index (χ4v) is 5.30. The first kappa shape index (κ1) is 24.4. The maximum atomic E-state index is 14.9. The molecule has 4 rings (SSSR count). The zero-order valence-electron chi connectivity index (χ0n) is 20.9. The summed E-state index contributed by atoms with van der Waals surface area (Å²) in [5, 5.41) is 0. The highest BCUT2D eigenvalue weighted by Gasteiger charge is 2.44. The van der Waals surface area contributed by atoms with Crippen LogP contribution in [0, 0.1) is 0 Å². The number of benzene rings is 3. The summed E-state index contributed by atoms with van der Waals surface area (Å²) in [6, 6.07) is 29.3. The number of hydrogen-bond donors (Lipinski definition) is 0. The second kappa shape index (κ2) is 11.1. The summed E-state index contributed by atoms with van der Waals surface area (Å²) < 4.78 is 0. The molecule has 0 aliphatic carbocycles. The van der Waals surface area contributed by atoms with E-state index in [-0.39, 0.29) is 11.8 Å². The van der Waals surface area contributed by atoms with Crippen LogP contribution >= 0.6 is 0 Å². The summed E-state index contributed by atoms with van der Waals surface area (Å²) in [5.74, 6) is 0.200. The van der Waals surface area contributed by atoms with Gasteiger partial charge in [-0.3, -0.25) is 9.69 Å². The van der Waals surface area contributed by atoms with E-state index in [0.29, 0.717) is 6.42 Å². The van der Waals surface area contributed by atoms with Crippen LogP contribution in [0.2, 0.25) is 0 Å². The monoisotopic (exact) mass is 454 g/mol. The molecule has 1 fully saturated rings. The number of likely N-dealkylation sites (tertiary alicyclic amines) is 1. The van der Waals surface area contributed by atoms with Gasteiger partial charge < -0.3 is 4.90 Å². The number of carbonyl (C=O) groups is 1. The Morgan fingerprint density at radius 1 is 0.824 bits per heavy atom. The largest absolute Gasteiger partial charge is 0.307 e. The van der Waals surface area contributed by atoms with E-state index >= 15 is 0 Å². The van der Waals surface area contributed by atoms with Crippen LogP contribution in [-0.4, -0.2) is 48.8 Å². The molecule has 1 aliphatic heterocycles. The van der Waals surface area contributed by atoms with Crippen LogP contribution in [0.15, 0.2) is 84.9 Å². The van der Waals surface area contributed by atoms with Crippen molar-refractivity contribution in [3.63, 3.8) is 0 Å².